The summed E-state index contributed by atoms with van der Waals surface area (Å²) in [5, 5.41) is 3.67. The summed E-state index contributed by atoms with van der Waals surface area (Å²) in [5.41, 5.74) is 3.79. The molecule has 1 heterocycles. The average molecular weight is 291 g/mol. The number of ether oxygens (including phenoxy) is 2. The molecule has 1 saturated heterocycles. The van der Waals surface area contributed by atoms with Gasteiger partial charge in [0.1, 0.15) is 5.75 Å². The largest absolute Gasteiger partial charge is 0.496 e. The van der Waals surface area contributed by atoms with Gasteiger partial charge in [0.05, 0.1) is 13.2 Å². The molecule has 118 valence electrons. The van der Waals surface area contributed by atoms with Gasteiger partial charge >= 0.3 is 0 Å². The number of rotatable bonds is 6. The lowest BCUT2D eigenvalue weighted by Gasteiger charge is -2.30. The summed E-state index contributed by atoms with van der Waals surface area (Å²) in [6.07, 6.45) is 2.53. The molecule has 3 nitrogen and oxygen atoms in total. The van der Waals surface area contributed by atoms with Crippen molar-refractivity contribution in [3.8, 4) is 5.75 Å². The molecule has 3 unspecified atom stereocenters. The highest BCUT2D eigenvalue weighted by molar-refractivity contribution is 5.47. The average Bonchev–Trinajstić information content (AvgIpc) is 2.96. The van der Waals surface area contributed by atoms with E-state index in [0.29, 0.717) is 18.1 Å². The Morgan fingerprint density at radius 3 is 2.71 bits per heavy atom. The molecule has 0 spiro atoms. The van der Waals surface area contributed by atoms with Crippen LogP contribution in [-0.4, -0.2) is 26.4 Å². The normalized spacial score (nSPS) is 23.3. The van der Waals surface area contributed by atoms with Crippen molar-refractivity contribution in [1.82, 2.24) is 5.32 Å². The maximum absolute atomic E-state index is 5.91. The standard InChI is InChI=1S/C18H29NO2/c1-6-16-14(10-11-21-16)17(19-7-2)15-9-8-12(3)13(4)18(15)20-5/h8-9,14,16-17,19H,6-7,10-11H2,1-5H3. The fourth-order valence-electron chi connectivity index (χ4n) is 3.51. The van der Waals surface area contributed by atoms with E-state index >= 15 is 0 Å². The van der Waals surface area contributed by atoms with Crippen LogP contribution in [0.1, 0.15) is 49.4 Å². The van der Waals surface area contributed by atoms with Crippen LogP contribution < -0.4 is 10.1 Å². The highest BCUT2D eigenvalue weighted by Gasteiger charge is 2.35. The zero-order valence-electron chi connectivity index (χ0n) is 14.0. The predicted molar refractivity (Wildman–Crippen MR) is 87.0 cm³/mol. The van der Waals surface area contributed by atoms with Gasteiger partial charge in [0.15, 0.2) is 0 Å². The lowest BCUT2D eigenvalue weighted by molar-refractivity contribution is 0.0773. The van der Waals surface area contributed by atoms with E-state index in [0.717, 1.165) is 31.7 Å². The van der Waals surface area contributed by atoms with Crippen LogP contribution in [0.15, 0.2) is 12.1 Å². The van der Waals surface area contributed by atoms with E-state index in [9.17, 15) is 0 Å². The molecular weight excluding hydrogens is 262 g/mol. The third-order valence-corrected chi connectivity index (χ3v) is 4.76. The quantitative estimate of drug-likeness (QED) is 0.865. The summed E-state index contributed by atoms with van der Waals surface area (Å²) in [5.74, 6) is 1.55. The van der Waals surface area contributed by atoms with Crippen LogP contribution in [0.3, 0.4) is 0 Å². The van der Waals surface area contributed by atoms with Gasteiger partial charge in [-0.15, -0.1) is 0 Å². The first-order chi connectivity index (χ1) is 10.1. The van der Waals surface area contributed by atoms with Crippen LogP contribution in [0, 0.1) is 19.8 Å². The third-order valence-electron chi connectivity index (χ3n) is 4.76. The lowest BCUT2D eigenvalue weighted by Crippen LogP contribution is -2.33. The van der Waals surface area contributed by atoms with Gasteiger partial charge in [-0.1, -0.05) is 26.0 Å². The summed E-state index contributed by atoms with van der Waals surface area (Å²) in [6.45, 7) is 10.5. The molecule has 0 aliphatic carbocycles. The Labute approximate surface area is 129 Å². The topological polar surface area (TPSA) is 30.5 Å². The molecule has 0 aromatic heterocycles. The van der Waals surface area contributed by atoms with Crippen molar-refractivity contribution < 1.29 is 9.47 Å². The fraction of sp³-hybridized carbons (Fsp3) is 0.667. The summed E-state index contributed by atoms with van der Waals surface area (Å²) < 4.78 is 11.6. The minimum atomic E-state index is 0.302. The van der Waals surface area contributed by atoms with Gasteiger partial charge in [0.2, 0.25) is 0 Å². The molecule has 1 N–H and O–H groups in total. The Hall–Kier alpha value is -1.06. The first kappa shape index (κ1) is 16.3. The molecule has 0 saturated carbocycles. The molecule has 3 atom stereocenters. The van der Waals surface area contributed by atoms with E-state index in [1.807, 2.05) is 0 Å². The molecular formula is C18H29NO2. The summed E-state index contributed by atoms with van der Waals surface area (Å²) in [6, 6.07) is 4.73. The zero-order chi connectivity index (χ0) is 15.4. The maximum Gasteiger partial charge on any atom is 0.126 e. The molecule has 1 aliphatic heterocycles. The monoisotopic (exact) mass is 291 g/mol. The van der Waals surface area contributed by atoms with Crippen molar-refractivity contribution >= 4 is 0 Å². The van der Waals surface area contributed by atoms with Crippen LogP contribution in [-0.2, 0) is 4.74 Å². The van der Waals surface area contributed by atoms with Crippen molar-refractivity contribution in [2.75, 3.05) is 20.3 Å². The third kappa shape index (κ3) is 3.24. The molecule has 1 aromatic rings. The number of methoxy groups -OCH3 is 1. The van der Waals surface area contributed by atoms with Gasteiger partial charge in [0, 0.05) is 24.1 Å². The Kier molecular flexibility index (Phi) is 5.65. The summed E-state index contributed by atoms with van der Waals surface area (Å²) in [4.78, 5) is 0. The minimum Gasteiger partial charge on any atom is -0.496 e. The molecule has 2 rings (SSSR count). The molecule has 1 aromatic carbocycles. The van der Waals surface area contributed by atoms with E-state index in [2.05, 4.69) is 45.1 Å². The van der Waals surface area contributed by atoms with Gasteiger partial charge in [-0.05, 0) is 44.4 Å². The first-order valence-electron chi connectivity index (χ1n) is 8.13. The zero-order valence-corrected chi connectivity index (χ0v) is 14.0. The van der Waals surface area contributed by atoms with E-state index in [1.54, 1.807) is 7.11 Å². The van der Waals surface area contributed by atoms with Crippen molar-refractivity contribution in [1.29, 1.82) is 0 Å². The molecule has 3 heteroatoms. The molecule has 0 radical (unpaired) electrons. The Morgan fingerprint density at radius 1 is 1.33 bits per heavy atom. The number of nitrogens with one attached hydrogen (secondary N) is 1. The minimum absolute atomic E-state index is 0.302. The summed E-state index contributed by atoms with van der Waals surface area (Å²) in [7, 11) is 1.77. The number of benzene rings is 1. The molecule has 21 heavy (non-hydrogen) atoms. The number of hydrogen-bond donors (Lipinski definition) is 1. The van der Waals surface area contributed by atoms with Crippen molar-refractivity contribution in [3.63, 3.8) is 0 Å². The maximum atomic E-state index is 5.91. The Bertz CT molecular complexity index is 473. The van der Waals surface area contributed by atoms with Crippen LogP contribution in [0.25, 0.3) is 0 Å². The molecule has 1 fully saturated rings. The van der Waals surface area contributed by atoms with Crippen molar-refractivity contribution in [3.05, 3.63) is 28.8 Å². The number of hydrogen-bond acceptors (Lipinski definition) is 3. The Balaban J connectivity index is 2.40. The van der Waals surface area contributed by atoms with E-state index in [-0.39, 0.29) is 0 Å². The van der Waals surface area contributed by atoms with Crippen molar-refractivity contribution in [2.45, 2.75) is 52.7 Å². The van der Waals surface area contributed by atoms with Crippen LogP contribution in [0.2, 0.25) is 0 Å². The predicted octanol–water partition coefficient (Wildman–Crippen LogP) is 3.78. The van der Waals surface area contributed by atoms with Gasteiger partial charge < -0.3 is 14.8 Å². The lowest BCUT2D eigenvalue weighted by atomic mass is 9.85. The number of aryl methyl sites for hydroxylation is 1. The van der Waals surface area contributed by atoms with E-state index in [4.69, 9.17) is 9.47 Å². The van der Waals surface area contributed by atoms with Gasteiger partial charge in [-0.2, -0.15) is 0 Å². The molecule has 0 amide bonds. The fourth-order valence-corrected chi connectivity index (χ4v) is 3.51. The highest BCUT2D eigenvalue weighted by atomic mass is 16.5. The van der Waals surface area contributed by atoms with Gasteiger partial charge in [-0.3, -0.25) is 0 Å². The smallest absolute Gasteiger partial charge is 0.126 e. The highest BCUT2D eigenvalue weighted by Crippen LogP contribution is 2.40. The van der Waals surface area contributed by atoms with E-state index in [1.165, 1.54) is 16.7 Å². The summed E-state index contributed by atoms with van der Waals surface area (Å²) >= 11 is 0. The van der Waals surface area contributed by atoms with Crippen LogP contribution in [0.5, 0.6) is 5.75 Å². The van der Waals surface area contributed by atoms with E-state index < -0.39 is 0 Å². The van der Waals surface area contributed by atoms with Gasteiger partial charge in [0.25, 0.3) is 0 Å². The Morgan fingerprint density at radius 2 is 2.10 bits per heavy atom. The second kappa shape index (κ2) is 7.28. The van der Waals surface area contributed by atoms with Gasteiger partial charge in [-0.25, -0.2) is 0 Å². The molecule has 1 aliphatic rings. The first-order valence-corrected chi connectivity index (χ1v) is 8.13. The molecule has 0 bridgehead atoms. The van der Waals surface area contributed by atoms with Crippen LogP contribution >= 0.6 is 0 Å². The van der Waals surface area contributed by atoms with Crippen molar-refractivity contribution in [2.24, 2.45) is 5.92 Å². The SMILES string of the molecule is CCNC(c1ccc(C)c(C)c1OC)C1CCOC1CC. The second-order valence-electron chi connectivity index (χ2n) is 5.94. The van der Waals surface area contributed by atoms with Crippen LogP contribution in [0.4, 0.5) is 0 Å². The second-order valence-corrected chi connectivity index (χ2v) is 5.94.